The Morgan fingerprint density at radius 3 is 1.83 bits per heavy atom. The van der Waals surface area contributed by atoms with Crippen molar-refractivity contribution in [3.8, 4) is 0 Å². The molecular formula is C23H28. The molecule has 0 amide bonds. The van der Waals surface area contributed by atoms with Crippen molar-refractivity contribution in [1.29, 1.82) is 0 Å². The molecule has 0 aliphatic heterocycles. The molecule has 0 saturated carbocycles. The average molecular weight is 304 g/mol. The molecule has 23 heavy (non-hydrogen) atoms. The third-order valence-corrected chi connectivity index (χ3v) is 3.93. The first-order valence-electron chi connectivity index (χ1n) is 8.18. The monoisotopic (exact) mass is 304 g/mol. The van der Waals surface area contributed by atoms with Crippen LogP contribution in [-0.2, 0) is 12.8 Å². The Balaban J connectivity index is 0.000000816. The normalized spacial score (nSPS) is 9.70. The van der Waals surface area contributed by atoms with Crippen LogP contribution in [0.15, 0.2) is 50.6 Å². The highest BCUT2D eigenvalue weighted by atomic mass is 14.1. The summed E-state index contributed by atoms with van der Waals surface area (Å²) >= 11 is 0. The predicted molar refractivity (Wildman–Crippen MR) is 109 cm³/mol. The molecule has 0 heterocycles. The van der Waals surface area contributed by atoms with Gasteiger partial charge in [0.05, 0.1) is 0 Å². The first-order valence-corrected chi connectivity index (χ1v) is 8.18. The Bertz CT molecular complexity index is 730. The summed E-state index contributed by atoms with van der Waals surface area (Å²) in [6, 6.07) is 6.77. The highest BCUT2D eigenvalue weighted by molar-refractivity contribution is 5.99. The van der Waals surface area contributed by atoms with Crippen LogP contribution in [-0.4, -0.2) is 0 Å². The quantitative estimate of drug-likeness (QED) is 0.517. The lowest BCUT2D eigenvalue weighted by molar-refractivity contribution is 1.13. The van der Waals surface area contributed by atoms with Gasteiger partial charge >= 0.3 is 0 Å². The highest BCUT2D eigenvalue weighted by Crippen LogP contribution is 2.32. The summed E-state index contributed by atoms with van der Waals surface area (Å²) in [5.41, 5.74) is 6.24. The van der Waals surface area contributed by atoms with Gasteiger partial charge in [-0.2, -0.15) is 0 Å². The highest BCUT2D eigenvalue weighted by Gasteiger charge is 2.11. The van der Waals surface area contributed by atoms with Crippen LogP contribution in [0.4, 0.5) is 0 Å². The van der Waals surface area contributed by atoms with E-state index in [0.29, 0.717) is 0 Å². The number of fused-ring (bicyclic) bond motifs is 1. The zero-order valence-electron chi connectivity index (χ0n) is 14.8. The first-order chi connectivity index (χ1) is 11.1. The minimum Gasteiger partial charge on any atom is -0.103 e. The fourth-order valence-electron chi connectivity index (χ4n) is 2.82. The Hall–Kier alpha value is -2.34. The second kappa shape index (κ2) is 8.95. The molecule has 0 spiro atoms. The molecule has 2 rings (SSSR count). The van der Waals surface area contributed by atoms with E-state index in [1.54, 1.807) is 6.08 Å². The van der Waals surface area contributed by atoms with Crippen LogP contribution < -0.4 is 0 Å². The van der Waals surface area contributed by atoms with Crippen molar-refractivity contribution >= 4 is 29.0 Å². The lowest BCUT2D eigenvalue weighted by Gasteiger charge is -2.15. The minimum absolute atomic E-state index is 0.990. The van der Waals surface area contributed by atoms with Gasteiger partial charge in [-0.15, -0.1) is 6.58 Å². The minimum atomic E-state index is 0.990. The molecule has 0 aromatic heterocycles. The van der Waals surface area contributed by atoms with Gasteiger partial charge in [-0.3, -0.25) is 0 Å². The smallest absolute Gasteiger partial charge is 0.00967 e. The summed E-state index contributed by atoms with van der Waals surface area (Å²) in [4.78, 5) is 0. The maximum Gasteiger partial charge on any atom is -0.00967 e. The molecule has 2 aromatic carbocycles. The standard InChI is InChI=1S/C20H22.C3H6/c1-6-14-11-15(7-2)19-13-16(8-3)17(9-4)18(10-5)20(19)12-14;1-3-2/h7,9-13H,2,4-6,8H2,1,3H3;3H,1H2,2H3. The van der Waals surface area contributed by atoms with E-state index in [-0.39, 0.29) is 0 Å². The number of benzene rings is 2. The van der Waals surface area contributed by atoms with E-state index < -0.39 is 0 Å². The number of allylic oxidation sites excluding steroid dienone is 1. The first kappa shape index (κ1) is 18.7. The van der Waals surface area contributed by atoms with Gasteiger partial charge in [0.1, 0.15) is 0 Å². The van der Waals surface area contributed by atoms with Crippen LogP contribution in [0.25, 0.3) is 29.0 Å². The Morgan fingerprint density at radius 1 is 0.783 bits per heavy atom. The lowest BCUT2D eigenvalue weighted by atomic mass is 9.89. The molecule has 0 radical (unpaired) electrons. The molecule has 0 atom stereocenters. The molecule has 0 saturated heterocycles. The second-order valence-corrected chi connectivity index (χ2v) is 5.37. The van der Waals surface area contributed by atoms with Crippen LogP contribution in [0.1, 0.15) is 48.6 Å². The van der Waals surface area contributed by atoms with Crippen molar-refractivity contribution in [2.45, 2.75) is 33.6 Å². The molecule has 0 fully saturated rings. The van der Waals surface area contributed by atoms with Crippen LogP contribution in [0, 0.1) is 0 Å². The van der Waals surface area contributed by atoms with Crippen LogP contribution in [0.2, 0.25) is 0 Å². The average Bonchev–Trinajstić information content (AvgIpc) is 2.59. The van der Waals surface area contributed by atoms with Gasteiger partial charge in [-0.05, 0) is 64.4 Å². The van der Waals surface area contributed by atoms with E-state index in [2.05, 4.69) is 58.4 Å². The number of hydrogen-bond acceptors (Lipinski definition) is 0. The number of hydrogen-bond donors (Lipinski definition) is 0. The fraction of sp³-hybridized carbons (Fsp3) is 0.217. The lowest BCUT2D eigenvalue weighted by Crippen LogP contribution is -1.95. The van der Waals surface area contributed by atoms with Crippen LogP contribution in [0.3, 0.4) is 0 Å². The summed E-state index contributed by atoms with van der Waals surface area (Å²) in [6.45, 7) is 21.5. The Labute approximate surface area is 141 Å². The van der Waals surface area contributed by atoms with Crippen molar-refractivity contribution in [3.05, 3.63) is 78.4 Å². The maximum absolute atomic E-state index is 4.00. The number of rotatable bonds is 5. The SMILES string of the molecule is C=CC.C=Cc1c(CC)cc2c(C=C)cc(CC)cc2c1C=C. The van der Waals surface area contributed by atoms with E-state index in [0.717, 1.165) is 12.8 Å². The topological polar surface area (TPSA) is 0 Å². The third-order valence-electron chi connectivity index (χ3n) is 3.93. The molecule has 0 bridgehead atoms. The van der Waals surface area contributed by atoms with Gasteiger partial charge in [-0.25, -0.2) is 0 Å². The van der Waals surface area contributed by atoms with Gasteiger partial charge in [0.15, 0.2) is 0 Å². The predicted octanol–water partition coefficient (Wildman–Crippen LogP) is 7.09. The van der Waals surface area contributed by atoms with Crippen LogP contribution >= 0.6 is 0 Å². The van der Waals surface area contributed by atoms with E-state index in [1.807, 2.05) is 25.2 Å². The van der Waals surface area contributed by atoms with Crippen molar-refractivity contribution in [2.24, 2.45) is 0 Å². The van der Waals surface area contributed by atoms with Crippen molar-refractivity contribution in [2.75, 3.05) is 0 Å². The second-order valence-electron chi connectivity index (χ2n) is 5.37. The fourth-order valence-corrected chi connectivity index (χ4v) is 2.82. The summed E-state index contributed by atoms with van der Waals surface area (Å²) in [5, 5.41) is 2.51. The summed E-state index contributed by atoms with van der Waals surface area (Å²) in [7, 11) is 0. The van der Waals surface area contributed by atoms with Crippen molar-refractivity contribution in [1.82, 2.24) is 0 Å². The van der Waals surface area contributed by atoms with Gasteiger partial charge in [0.25, 0.3) is 0 Å². The Kier molecular flexibility index (Phi) is 7.28. The molecule has 0 unspecified atom stereocenters. The summed E-state index contributed by atoms with van der Waals surface area (Å²) in [5.74, 6) is 0. The van der Waals surface area contributed by atoms with E-state index >= 15 is 0 Å². The van der Waals surface area contributed by atoms with E-state index in [4.69, 9.17) is 0 Å². The maximum atomic E-state index is 4.00. The van der Waals surface area contributed by atoms with Crippen molar-refractivity contribution in [3.63, 3.8) is 0 Å². The molecule has 0 nitrogen and oxygen atoms in total. The summed E-state index contributed by atoms with van der Waals surface area (Å²) in [6.07, 6.45) is 9.60. The molecule has 0 N–H and O–H groups in total. The van der Waals surface area contributed by atoms with Gasteiger partial charge in [0, 0.05) is 0 Å². The van der Waals surface area contributed by atoms with Crippen LogP contribution in [0.5, 0.6) is 0 Å². The molecule has 0 aliphatic carbocycles. The molecule has 0 aliphatic rings. The molecule has 2 aromatic rings. The number of aryl methyl sites for hydroxylation is 2. The largest absolute Gasteiger partial charge is 0.103 e. The third kappa shape index (κ3) is 3.90. The molecule has 120 valence electrons. The van der Waals surface area contributed by atoms with E-state index in [9.17, 15) is 0 Å². The van der Waals surface area contributed by atoms with E-state index in [1.165, 1.54) is 38.6 Å². The molecule has 0 heteroatoms. The molecular weight excluding hydrogens is 276 g/mol. The zero-order chi connectivity index (χ0) is 17.4. The van der Waals surface area contributed by atoms with Gasteiger partial charge in [-0.1, -0.05) is 70.0 Å². The van der Waals surface area contributed by atoms with Gasteiger partial charge < -0.3 is 0 Å². The summed E-state index contributed by atoms with van der Waals surface area (Å²) < 4.78 is 0. The Morgan fingerprint density at radius 2 is 1.39 bits per heavy atom. The zero-order valence-corrected chi connectivity index (χ0v) is 14.8. The van der Waals surface area contributed by atoms with Gasteiger partial charge in [0.2, 0.25) is 0 Å². The van der Waals surface area contributed by atoms with Crippen molar-refractivity contribution < 1.29 is 0 Å².